The van der Waals surface area contributed by atoms with Crippen molar-refractivity contribution in [2.24, 2.45) is 0 Å². The molecule has 0 spiro atoms. The van der Waals surface area contributed by atoms with Crippen LogP contribution < -0.4 is 20.3 Å². The summed E-state index contributed by atoms with van der Waals surface area (Å²) in [5.41, 5.74) is 2.16. The molecule has 164 valence electrons. The molecule has 31 heavy (non-hydrogen) atoms. The minimum atomic E-state index is -0.160. The van der Waals surface area contributed by atoms with Gasteiger partial charge in [-0.15, -0.1) is 0 Å². The molecule has 2 N–H and O–H groups in total. The lowest BCUT2D eigenvalue weighted by Crippen LogP contribution is -2.40. The Morgan fingerprint density at radius 3 is 2.65 bits per heavy atom. The van der Waals surface area contributed by atoms with Crippen LogP contribution in [0.3, 0.4) is 0 Å². The van der Waals surface area contributed by atoms with Gasteiger partial charge in [0.2, 0.25) is 0 Å². The first-order valence-electron chi connectivity index (χ1n) is 10.2. The number of aromatic nitrogens is 2. The van der Waals surface area contributed by atoms with Crippen LogP contribution >= 0.6 is 12.2 Å². The molecule has 7 nitrogen and oxygen atoms in total. The van der Waals surface area contributed by atoms with Crippen LogP contribution in [0, 0.1) is 0 Å². The van der Waals surface area contributed by atoms with Crippen molar-refractivity contribution in [2.75, 3.05) is 20.8 Å². The number of benzene rings is 1. The third kappa shape index (κ3) is 5.73. The molecule has 0 bridgehead atoms. The van der Waals surface area contributed by atoms with Gasteiger partial charge >= 0.3 is 0 Å². The largest absolute Gasteiger partial charge is 0.493 e. The molecule has 2 heterocycles. The van der Waals surface area contributed by atoms with Crippen molar-refractivity contribution < 1.29 is 9.47 Å². The lowest BCUT2D eigenvalue weighted by Gasteiger charge is -2.26. The molecule has 0 unspecified atom stereocenters. The lowest BCUT2D eigenvalue weighted by molar-refractivity contribution is 0.355. The minimum Gasteiger partial charge on any atom is -0.493 e. The molecular formula is C23H28N4O3S. The van der Waals surface area contributed by atoms with Gasteiger partial charge in [-0.1, -0.05) is 19.4 Å². The number of nitrogens with zero attached hydrogens (tertiary/aromatic N) is 2. The topological polar surface area (TPSA) is 79.5 Å². The summed E-state index contributed by atoms with van der Waals surface area (Å²) in [6.45, 7) is 3.85. The molecule has 0 fully saturated rings. The molecule has 0 radical (unpaired) electrons. The van der Waals surface area contributed by atoms with Gasteiger partial charge in [0.1, 0.15) is 0 Å². The molecule has 3 aromatic rings. The first-order chi connectivity index (χ1) is 15.0. The van der Waals surface area contributed by atoms with Crippen LogP contribution in [0.4, 0.5) is 0 Å². The number of methoxy groups -OCH3 is 2. The molecule has 8 heteroatoms. The Morgan fingerprint density at radius 1 is 1.19 bits per heavy atom. The summed E-state index contributed by atoms with van der Waals surface area (Å²) in [4.78, 5) is 22.0. The van der Waals surface area contributed by atoms with Crippen LogP contribution in [0.15, 0.2) is 47.5 Å². The third-order valence-corrected chi connectivity index (χ3v) is 5.38. The van der Waals surface area contributed by atoms with Crippen LogP contribution in [0.25, 0.3) is 10.9 Å². The highest BCUT2D eigenvalue weighted by Crippen LogP contribution is 2.31. The van der Waals surface area contributed by atoms with Crippen LogP contribution in [0.2, 0.25) is 0 Å². The van der Waals surface area contributed by atoms with E-state index in [1.165, 1.54) is 0 Å². The van der Waals surface area contributed by atoms with E-state index < -0.39 is 0 Å². The SMILES string of the molecule is CCCCNC(=S)N(Cc1cccnc1)Cc1cc2cc(OC)c(OC)cc2[nH]c1=O. The zero-order valence-electron chi connectivity index (χ0n) is 18.1. The number of nitrogens with one attached hydrogen (secondary N) is 2. The number of hydrogen-bond donors (Lipinski definition) is 2. The maximum Gasteiger partial charge on any atom is 0.253 e. The Bertz CT molecular complexity index is 1090. The average Bonchev–Trinajstić information content (AvgIpc) is 2.79. The van der Waals surface area contributed by atoms with E-state index in [1.807, 2.05) is 35.4 Å². The Hall–Kier alpha value is -3.13. The predicted octanol–water partition coefficient (Wildman–Crippen LogP) is 3.62. The smallest absolute Gasteiger partial charge is 0.253 e. The van der Waals surface area contributed by atoms with E-state index in [2.05, 4.69) is 22.2 Å². The van der Waals surface area contributed by atoms with Gasteiger partial charge in [-0.3, -0.25) is 9.78 Å². The molecule has 0 aliphatic heterocycles. The summed E-state index contributed by atoms with van der Waals surface area (Å²) in [6.07, 6.45) is 5.65. The summed E-state index contributed by atoms with van der Waals surface area (Å²) in [5.74, 6) is 1.18. The second-order valence-electron chi connectivity index (χ2n) is 7.22. The highest BCUT2D eigenvalue weighted by molar-refractivity contribution is 7.80. The highest BCUT2D eigenvalue weighted by atomic mass is 32.1. The van der Waals surface area contributed by atoms with Crippen molar-refractivity contribution in [1.29, 1.82) is 0 Å². The van der Waals surface area contributed by atoms with Crippen molar-refractivity contribution >= 4 is 28.2 Å². The van der Waals surface area contributed by atoms with E-state index in [1.54, 1.807) is 26.5 Å². The summed E-state index contributed by atoms with van der Waals surface area (Å²) in [7, 11) is 3.16. The van der Waals surface area contributed by atoms with Gasteiger partial charge in [0.25, 0.3) is 5.56 Å². The fourth-order valence-electron chi connectivity index (χ4n) is 3.30. The maximum absolute atomic E-state index is 12.8. The number of fused-ring (bicyclic) bond motifs is 1. The monoisotopic (exact) mass is 440 g/mol. The molecule has 0 aliphatic rings. The Labute approximate surface area is 187 Å². The number of rotatable bonds is 9. The van der Waals surface area contributed by atoms with Crippen molar-refractivity contribution in [1.82, 2.24) is 20.2 Å². The number of thiocarbonyl (C=S) groups is 1. The van der Waals surface area contributed by atoms with E-state index in [0.29, 0.717) is 40.8 Å². The first kappa shape index (κ1) is 22.6. The van der Waals surface area contributed by atoms with Crippen LogP contribution in [-0.2, 0) is 13.1 Å². The van der Waals surface area contributed by atoms with Gasteiger partial charge in [0.15, 0.2) is 16.6 Å². The van der Waals surface area contributed by atoms with Gasteiger partial charge in [0, 0.05) is 42.5 Å². The van der Waals surface area contributed by atoms with Crippen molar-refractivity contribution in [3.05, 3.63) is 64.2 Å². The van der Waals surface area contributed by atoms with Gasteiger partial charge in [-0.2, -0.15) is 0 Å². The summed E-state index contributed by atoms with van der Waals surface area (Å²) < 4.78 is 10.7. The number of H-pyrrole nitrogens is 1. The van der Waals surface area contributed by atoms with Gasteiger partial charge in [-0.05, 0) is 42.4 Å². The van der Waals surface area contributed by atoms with E-state index in [-0.39, 0.29) is 5.56 Å². The minimum absolute atomic E-state index is 0.160. The number of aromatic amines is 1. The fourth-order valence-corrected chi connectivity index (χ4v) is 3.53. The third-order valence-electron chi connectivity index (χ3n) is 4.98. The second-order valence-corrected chi connectivity index (χ2v) is 7.61. The average molecular weight is 441 g/mol. The maximum atomic E-state index is 12.8. The van der Waals surface area contributed by atoms with Gasteiger partial charge in [0.05, 0.1) is 26.3 Å². The Morgan fingerprint density at radius 2 is 1.97 bits per heavy atom. The number of hydrogen-bond acceptors (Lipinski definition) is 5. The van der Waals surface area contributed by atoms with E-state index in [9.17, 15) is 4.79 Å². The molecule has 1 aromatic carbocycles. The Kier molecular flexibility index (Phi) is 7.83. The van der Waals surface area contributed by atoms with E-state index in [4.69, 9.17) is 21.7 Å². The normalized spacial score (nSPS) is 10.7. The molecular weight excluding hydrogens is 412 g/mol. The number of pyridine rings is 2. The molecule has 3 rings (SSSR count). The van der Waals surface area contributed by atoms with E-state index >= 15 is 0 Å². The summed E-state index contributed by atoms with van der Waals surface area (Å²) in [5, 5.41) is 4.78. The molecule has 0 atom stereocenters. The standard InChI is InChI=1S/C23H28N4O3S/c1-4-5-9-25-23(31)27(14-16-7-6-8-24-13-16)15-18-10-17-11-20(29-2)21(30-3)12-19(17)26-22(18)28/h6-8,10-13H,4-5,9,14-15H2,1-3H3,(H,25,31)(H,26,28). The second kappa shape index (κ2) is 10.8. The summed E-state index contributed by atoms with van der Waals surface area (Å²) >= 11 is 5.64. The van der Waals surface area contributed by atoms with E-state index in [0.717, 1.165) is 30.3 Å². The summed E-state index contributed by atoms with van der Waals surface area (Å²) in [6, 6.07) is 9.39. The Balaban J connectivity index is 1.92. The number of unbranched alkanes of at least 4 members (excludes halogenated alkanes) is 1. The van der Waals surface area contributed by atoms with Crippen LogP contribution in [0.1, 0.15) is 30.9 Å². The van der Waals surface area contributed by atoms with Crippen LogP contribution in [-0.4, -0.2) is 40.7 Å². The first-order valence-corrected chi connectivity index (χ1v) is 10.7. The molecule has 0 saturated heterocycles. The molecule has 0 aliphatic carbocycles. The van der Waals surface area contributed by atoms with Crippen molar-refractivity contribution in [2.45, 2.75) is 32.9 Å². The van der Waals surface area contributed by atoms with Crippen molar-refractivity contribution in [3.63, 3.8) is 0 Å². The predicted molar refractivity (Wildman–Crippen MR) is 127 cm³/mol. The molecule has 2 aromatic heterocycles. The lowest BCUT2D eigenvalue weighted by atomic mass is 10.1. The number of ether oxygens (including phenoxy) is 2. The highest BCUT2D eigenvalue weighted by Gasteiger charge is 2.15. The molecule has 0 amide bonds. The van der Waals surface area contributed by atoms with Crippen molar-refractivity contribution in [3.8, 4) is 11.5 Å². The van der Waals surface area contributed by atoms with Gasteiger partial charge in [-0.25, -0.2) is 0 Å². The zero-order valence-corrected chi connectivity index (χ0v) is 18.9. The van der Waals surface area contributed by atoms with Crippen LogP contribution in [0.5, 0.6) is 11.5 Å². The quantitative estimate of drug-likeness (QED) is 0.389. The zero-order chi connectivity index (χ0) is 22.2. The van der Waals surface area contributed by atoms with Gasteiger partial charge < -0.3 is 24.7 Å². The molecule has 0 saturated carbocycles. The fraction of sp³-hybridized carbons (Fsp3) is 0.348.